The van der Waals surface area contributed by atoms with E-state index < -0.39 is 5.60 Å². The van der Waals surface area contributed by atoms with E-state index in [9.17, 15) is 5.11 Å². The van der Waals surface area contributed by atoms with Crippen LogP contribution in [0, 0.1) is 5.92 Å². The largest absolute Gasteiger partial charge is 0.489 e. The zero-order valence-corrected chi connectivity index (χ0v) is 19.8. The molecule has 2 aromatic carbocycles. The Kier molecular flexibility index (Phi) is 6.03. The summed E-state index contributed by atoms with van der Waals surface area (Å²) in [6.07, 6.45) is 10.7. The van der Waals surface area contributed by atoms with E-state index in [1.165, 1.54) is 48.9 Å². The van der Waals surface area contributed by atoms with Gasteiger partial charge in [-0.2, -0.15) is 0 Å². The van der Waals surface area contributed by atoms with E-state index in [1.807, 2.05) is 6.07 Å². The third-order valence-electron chi connectivity index (χ3n) is 9.03. The van der Waals surface area contributed by atoms with Gasteiger partial charge < -0.3 is 9.84 Å². The smallest absolute Gasteiger partial charge is 0.120 e. The Morgan fingerprint density at radius 3 is 2.56 bits per heavy atom. The van der Waals surface area contributed by atoms with Crippen molar-refractivity contribution in [3.8, 4) is 5.75 Å². The molecule has 0 aromatic heterocycles. The van der Waals surface area contributed by atoms with E-state index in [4.69, 9.17) is 4.74 Å². The highest BCUT2D eigenvalue weighted by Crippen LogP contribution is 2.58. The van der Waals surface area contributed by atoms with Gasteiger partial charge >= 0.3 is 0 Å². The highest BCUT2D eigenvalue weighted by molar-refractivity contribution is 5.85. The van der Waals surface area contributed by atoms with Gasteiger partial charge in [0.25, 0.3) is 0 Å². The van der Waals surface area contributed by atoms with Crippen molar-refractivity contribution in [1.29, 1.82) is 0 Å². The molecule has 0 radical (unpaired) electrons. The summed E-state index contributed by atoms with van der Waals surface area (Å²) >= 11 is 0. The first-order chi connectivity index (χ1) is 15.2. The van der Waals surface area contributed by atoms with E-state index in [2.05, 4.69) is 47.4 Å². The third kappa shape index (κ3) is 3.48. The summed E-state index contributed by atoms with van der Waals surface area (Å²) in [5.74, 6) is 1.80. The Morgan fingerprint density at radius 1 is 0.969 bits per heavy atom. The van der Waals surface area contributed by atoms with Crippen LogP contribution in [0.2, 0.25) is 0 Å². The summed E-state index contributed by atoms with van der Waals surface area (Å²) in [6, 6.07) is 17.4. The van der Waals surface area contributed by atoms with Crippen LogP contribution in [0.15, 0.2) is 48.5 Å². The van der Waals surface area contributed by atoms with E-state index in [1.54, 1.807) is 0 Å². The van der Waals surface area contributed by atoms with Crippen molar-refractivity contribution in [2.45, 2.75) is 81.5 Å². The molecule has 1 heterocycles. The second-order valence-corrected chi connectivity index (χ2v) is 10.6. The molecule has 3 fully saturated rings. The monoisotopic (exact) mass is 453 g/mol. The molecule has 2 bridgehead atoms. The fourth-order valence-electron chi connectivity index (χ4n) is 7.14. The first-order valence-electron chi connectivity index (χ1n) is 12.4. The van der Waals surface area contributed by atoms with E-state index >= 15 is 0 Å². The average Bonchev–Trinajstić information content (AvgIpc) is 2.76. The minimum atomic E-state index is -0.585. The SMILES string of the molecule is Cl.O[C@@]12CCCC[C@@]13CCN(CC1CCC1)[C@@H]2Cc1ccc(OCc2ccccc2)cc13. The van der Waals surface area contributed by atoms with Crippen LogP contribution in [0.3, 0.4) is 0 Å². The average molecular weight is 454 g/mol. The number of piperidine rings is 1. The summed E-state index contributed by atoms with van der Waals surface area (Å²) in [4.78, 5) is 2.68. The summed E-state index contributed by atoms with van der Waals surface area (Å²) in [7, 11) is 0. The normalized spacial score (nSPS) is 31.6. The van der Waals surface area contributed by atoms with Crippen molar-refractivity contribution < 1.29 is 9.84 Å². The maximum absolute atomic E-state index is 12.3. The van der Waals surface area contributed by atoms with Gasteiger partial charge in [-0.1, -0.05) is 55.7 Å². The molecule has 172 valence electrons. The van der Waals surface area contributed by atoms with Crippen LogP contribution < -0.4 is 4.74 Å². The van der Waals surface area contributed by atoms with Gasteiger partial charge in [-0.25, -0.2) is 0 Å². The van der Waals surface area contributed by atoms with Crippen LogP contribution in [-0.4, -0.2) is 34.7 Å². The Balaban J connectivity index is 0.00000216. The van der Waals surface area contributed by atoms with Gasteiger partial charge in [-0.15, -0.1) is 12.4 Å². The second-order valence-electron chi connectivity index (χ2n) is 10.6. The van der Waals surface area contributed by atoms with Crippen LogP contribution in [-0.2, 0) is 18.4 Å². The molecule has 1 saturated heterocycles. The third-order valence-corrected chi connectivity index (χ3v) is 9.03. The van der Waals surface area contributed by atoms with Crippen molar-refractivity contribution in [3.05, 3.63) is 65.2 Å². The number of aliphatic hydroxyl groups is 1. The van der Waals surface area contributed by atoms with Gasteiger partial charge in [0, 0.05) is 18.0 Å². The standard InChI is InChI=1S/C28H35NO2.ClH/c30-28-14-5-4-13-27(28)15-16-29(19-21-9-6-10-21)26(28)17-23-11-12-24(18-25(23)27)31-20-22-7-2-1-3-8-22;/h1-3,7-8,11-12,18,21,26,30H,4-6,9-10,13-17,19-20H2;1H/t26-,27+,28-;/m1./s1. The van der Waals surface area contributed by atoms with E-state index in [-0.39, 0.29) is 23.9 Å². The number of hydrogen-bond donors (Lipinski definition) is 1. The molecule has 0 unspecified atom stereocenters. The number of rotatable bonds is 5. The van der Waals surface area contributed by atoms with Crippen LogP contribution in [0.25, 0.3) is 0 Å². The molecule has 2 saturated carbocycles. The molecule has 4 heteroatoms. The van der Waals surface area contributed by atoms with E-state index in [0.717, 1.165) is 50.3 Å². The first-order valence-corrected chi connectivity index (χ1v) is 12.4. The van der Waals surface area contributed by atoms with Crippen molar-refractivity contribution in [2.24, 2.45) is 5.92 Å². The summed E-state index contributed by atoms with van der Waals surface area (Å²) < 4.78 is 6.21. The zero-order chi connectivity index (χ0) is 20.9. The number of hydrogen-bond acceptors (Lipinski definition) is 3. The molecule has 1 N–H and O–H groups in total. The molecule has 3 atom stereocenters. The molecular formula is C28H36ClNO2. The maximum atomic E-state index is 12.3. The fourth-order valence-corrected chi connectivity index (χ4v) is 7.14. The minimum Gasteiger partial charge on any atom is -0.489 e. The molecule has 0 amide bonds. The van der Waals surface area contributed by atoms with Gasteiger partial charge in [0.15, 0.2) is 0 Å². The Hall–Kier alpha value is -1.55. The Labute approximate surface area is 198 Å². The Morgan fingerprint density at radius 2 is 1.78 bits per heavy atom. The number of benzene rings is 2. The van der Waals surface area contributed by atoms with Crippen molar-refractivity contribution in [1.82, 2.24) is 4.90 Å². The van der Waals surface area contributed by atoms with Gasteiger partial charge in [-0.3, -0.25) is 4.90 Å². The predicted octanol–water partition coefficient (Wildman–Crippen LogP) is 5.66. The first kappa shape index (κ1) is 22.3. The lowest BCUT2D eigenvalue weighted by Crippen LogP contribution is -2.72. The van der Waals surface area contributed by atoms with Crippen molar-refractivity contribution in [2.75, 3.05) is 13.1 Å². The lowest BCUT2D eigenvalue weighted by Gasteiger charge is -2.64. The molecule has 3 nitrogen and oxygen atoms in total. The van der Waals surface area contributed by atoms with Gasteiger partial charge in [-0.05, 0) is 79.8 Å². The lowest BCUT2D eigenvalue weighted by atomic mass is 9.49. The zero-order valence-electron chi connectivity index (χ0n) is 19.0. The molecule has 4 aliphatic rings. The molecule has 2 aromatic rings. The number of nitrogens with zero attached hydrogens (tertiary/aromatic N) is 1. The van der Waals surface area contributed by atoms with Crippen LogP contribution >= 0.6 is 12.4 Å². The van der Waals surface area contributed by atoms with Gasteiger partial charge in [0.05, 0.1) is 5.60 Å². The predicted molar refractivity (Wildman–Crippen MR) is 131 cm³/mol. The summed E-state index contributed by atoms with van der Waals surface area (Å²) in [5.41, 5.74) is 3.35. The van der Waals surface area contributed by atoms with Crippen LogP contribution in [0.1, 0.15) is 68.1 Å². The molecular weight excluding hydrogens is 418 g/mol. The Bertz CT molecular complexity index is 946. The molecule has 0 spiro atoms. The highest BCUT2D eigenvalue weighted by Gasteiger charge is 2.63. The minimum absolute atomic E-state index is 0. The van der Waals surface area contributed by atoms with E-state index in [0.29, 0.717) is 6.61 Å². The second kappa shape index (κ2) is 8.66. The quantitative estimate of drug-likeness (QED) is 0.633. The summed E-state index contributed by atoms with van der Waals surface area (Å²) in [6.45, 7) is 2.92. The topological polar surface area (TPSA) is 32.7 Å². The number of halogens is 1. The summed E-state index contributed by atoms with van der Waals surface area (Å²) in [5, 5.41) is 12.3. The van der Waals surface area contributed by atoms with Crippen LogP contribution in [0.4, 0.5) is 0 Å². The van der Waals surface area contributed by atoms with Crippen molar-refractivity contribution >= 4 is 12.4 Å². The number of fused-ring (bicyclic) bond motifs is 1. The molecule has 32 heavy (non-hydrogen) atoms. The van der Waals surface area contributed by atoms with Crippen LogP contribution in [0.5, 0.6) is 5.75 Å². The fraction of sp³-hybridized carbons (Fsp3) is 0.571. The number of ether oxygens (including phenoxy) is 1. The number of likely N-dealkylation sites (tertiary alicyclic amines) is 1. The maximum Gasteiger partial charge on any atom is 0.120 e. The van der Waals surface area contributed by atoms with Crippen molar-refractivity contribution in [3.63, 3.8) is 0 Å². The van der Waals surface area contributed by atoms with Gasteiger partial charge in [0.2, 0.25) is 0 Å². The lowest BCUT2D eigenvalue weighted by molar-refractivity contribution is -0.169. The molecule has 3 aliphatic carbocycles. The molecule has 1 aliphatic heterocycles. The van der Waals surface area contributed by atoms with Gasteiger partial charge in [0.1, 0.15) is 12.4 Å². The molecule has 6 rings (SSSR count). The highest BCUT2D eigenvalue weighted by atomic mass is 35.5.